The highest BCUT2D eigenvalue weighted by molar-refractivity contribution is 5.77. The van der Waals surface area contributed by atoms with Crippen molar-refractivity contribution in [1.29, 1.82) is 0 Å². The van der Waals surface area contributed by atoms with Crippen molar-refractivity contribution in [3.8, 4) is 0 Å². The second-order valence-electron chi connectivity index (χ2n) is 6.75. The van der Waals surface area contributed by atoms with Crippen molar-refractivity contribution >= 4 is 11.9 Å². The molecule has 0 aromatic rings. The fraction of sp³-hybridized carbons (Fsp3) is 0.875. The van der Waals surface area contributed by atoms with E-state index in [1.807, 2.05) is 9.80 Å². The number of nitrogens with one attached hydrogen (secondary N) is 1. The minimum Gasteiger partial charge on any atom is -0.341 e. The van der Waals surface area contributed by atoms with E-state index in [4.69, 9.17) is 0 Å². The quantitative estimate of drug-likeness (QED) is 0.868. The van der Waals surface area contributed by atoms with Crippen molar-refractivity contribution in [1.82, 2.24) is 15.1 Å². The van der Waals surface area contributed by atoms with Crippen LogP contribution in [0, 0.1) is 5.92 Å². The minimum absolute atomic E-state index is 0.0556. The second kappa shape index (κ2) is 7.66. The molecule has 0 spiro atoms. The van der Waals surface area contributed by atoms with E-state index < -0.39 is 0 Å². The lowest BCUT2D eigenvalue weighted by Gasteiger charge is -2.24. The number of hydrogen-bond acceptors (Lipinski definition) is 2. The van der Waals surface area contributed by atoms with Gasteiger partial charge >= 0.3 is 6.03 Å². The molecule has 0 radical (unpaired) electrons. The third-order valence-corrected chi connectivity index (χ3v) is 4.40. The summed E-state index contributed by atoms with van der Waals surface area (Å²) in [5.74, 6) is 0.616. The molecule has 5 nitrogen and oxygen atoms in total. The van der Waals surface area contributed by atoms with Crippen LogP contribution >= 0.6 is 0 Å². The zero-order valence-electron chi connectivity index (χ0n) is 13.4. The molecular formula is C16H29N3O2. The molecule has 5 heteroatoms. The molecule has 0 aromatic heterocycles. The Morgan fingerprint density at radius 2 is 1.62 bits per heavy atom. The molecule has 3 amide bonds. The summed E-state index contributed by atoms with van der Waals surface area (Å²) in [7, 11) is 0. The fourth-order valence-electron chi connectivity index (χ4n) is 3.18. The summed E-state index contributed by atoms with van der Waals surface area (Å²) in [6.07, 6.45) is 6.15. The topological polar surface area (TPSA) is 52.7 Å². The van der Waals surface area contributed by atoms with Gasteiger partial charge in [0.15, 0.2) is 0 Å². The van der Waals surface area contributed by atoms with Gasteiger partial charge in [0, 0.05) is 38.6 Å². The zero-order valence-corrected chi connectivity index (χ0v) is 13.4. The van der Waals surface area contributed by atoms with E-state index in [9.17, 15) is 9.59 Å². The van der Waals surface area contributed by atoms with Crippen molar-refractivity contribution in [3.05, 3.63) is 0 Å². The molecular weight excluding hydrogens is 266 g/mol. The average molecular weight is 295 g/mol. The van der Waals surface area contributed by atoms with E-state index in [-0.39, 0.29) is 11.9 Å². The molecule has 0 aromatic carbocycles. The average Bonchev–Trinajstić information content (AvgIpc) is 2.79. The van der Waals surface area contributed by atoms with E-state index in [0.29, 0.717) is 31.5 Å². The van der Waals surface area contributed by atoms with Gasteiger partial charge in [-0.1, -0.05) is 26.7 Å². The highest BCUT2D eigenvalue weighted by Crippen LogP contribution is 2.18. The summed E-state index contributed by atoms with van der Waals surface area (Å²) in [6, 6.07) is 0.416. The summed E-state index contributed by atoms with van der Waals surface area (Å²) in [6.45, 7) is 6.99. The van der Waals surface area contributed by atoms with Crippen molar-refractivity contribution in [2.45, 2.75) is 58.4 Å². The summed E-state index contributed by atoms with van der Waals surface area (Å²) in [5.41, 5.74) is 0. The van der Waals surface area contributed by atoms with Crippen molar-refractivity contribution in [2.24, 2.45) is 5.92 Å². The Morgan fingerprint density at radius 3 is 2.29 bits per heavy atom. The number of hydrogen-bond donors (Lipinski definition) is 1. The second-order valence-corrected chi connectivity index (χ2v) is 6.75. The first-order chi connectivity index (χ1) is 10.1. The molecule has 0 bridgehead atoms. The van der Waals surface area contributed by atoms with Crippen molar-refractivity contribution in [2.75, 3.05) is 26.2 Å². The van der Waals surface area contributed by atoms with Crippen LogP contribution in [0.1, 0.15) is 52.4 Å². The van der Waals surface area contributed by atoms with Crippen LogP contribution in [0.15, 0.2) is 0 Å². The summed E-state index contributed by atoms with van der Waals surface area (Å²) in [4.78, 5) is 28.2. The predicted molar refractivity (Wildman–Crippen MR) is 83.0 cm³/mol. The number of carbonyl (C=O) groups is 2. The highest BCUT2D eigenvalue weighted by atomic mass is 16.2. The molecule has 1 aliphatic carbocycles. The van der Waals surface area contributed by atoms with Crippen LogP contribution in [0.25, 0.3) is 0 Å². The van der Waals surface area contributed by atoms with Crippen LogP contribution in [0.5, 0.6) is 0 Å². The molecule has 21 heavy (non-hydrogen) atoms. The number of nitrogens with zero attached hydrogens (tertiary/aromatic N) is 2. The van der Waals surface area contributed by atoms with E-state index in [1.54, 1.807) is 0 Å². The fourth-order valence-corrected chi connectivity index (χ4v) is 3.18. The van der Waals surface area contributed by atoms with Gasteiger partial charge in [-0.15, -0.1) is 0 Å². The molecule has 2 aliphatic rings. The maximum absolute atomic E-state index is 12.3. The number of carbonyl (C=O) groups excluding carboxylic acids is 2. The minimum atomic E-state index is 0.0556. The first-order valence-electron chi connectivity index (χ1n) is 8.39. The molecule has 1 heterocycles. The number of urea groups is 1. The standard InChI is InChI=1S/C16H29N3O2/c1-13(2)12-15(20)18-8-5-9-19(11-10-18)16(21)17-14-6-3-4-7-14/h13-14H,3-12H2,1-2H3,(H,17,21). The Labute approximate surface area is 128 Å². The maximum Gasteiger partial charge on any atom is 0.317 e. The molecule has 1 N–H and O–H groups in total. The molecule has 2 rings (SSSR count). The molecule has 1 aliphatic heterocycles. The normalized spacial score (nSPS) is 20.7. The summed E-state index contributed by atoms with van der Waals surface area (Å²) < 4.78 is 0. The molecule has 1 saturated carbocycles. The van der Waals surface area contributed by atoms with Gasteiger partial charge in [-0.3, -0.25) is 4.79 Å². The van der Waals surface area contributed by atoms with Crippen LogP contribution in [-0.2, 0) is 4.79 Å². The third-order valence-electron chi connectivity index (χ3n) is 4.40. The molecule has 0 unspecified atom stereocenters. The highest BCUT2D eigenvalue weighted by Gasteiger charge is 2.24. The molecule has 2 fully saturated rings. The van der Waals surface area contributed by atoms with Crippen LogP contribution in [0.3, 0.4) is 0 Å². The SMILES string of the molecule is CC(C)CC(=O)N1CCCN(C(=O)NC2CCCC2)CC1. The Balaban J connectivity index is 1.79. The number of rotatable bonds is 3. The van der Waals surface area contributed by atoms with Crippen LogP contribution in [0.4, 0.5) is 4.79 Å². The largest absolute Gasteiger partial charge is 0.341 e. The van der Waals surface area contributed by atoms with Crippen LogP contribution in [-0.4, -0.2) is 54.0 Å². The lowest BCUT2D eigenvalue weighted by Crippen LogP contribution is -2.45. The van der Waals surface area contributed by atoms with E-state index in [0.717, 1.165) is 32.4 Å². The van der Waals surface area contributed by atoms with Gasteiger partial charge in [-0.2, -0.15) is 0 Å². The van der Waals surface area contributed by atoms with Gasteiger partial charge in [0.05, 0.1) is 0 Å². The monoisotopic (exact) mass is 295 g/mol. The van der Waals surface area contributed by atoms with E-state index >= 15 is 0 Å². The molecule has 1 saturated heterocycles. The van der Waals surface area contributed by atoms with Gasteiger partial charge in [0.1, 0.15) is 0 Å². The van der Waals surface area contributed by atoms with Crippen LogP contribution in [0.2, 0.25) is 0 Å². The first kappa shape index (κ1) is 16.1. The smallest absolute Gasteiger partial charge is 0.317 e. The Kier molecular flexibility index (Phi) is 5.88. The number of amides is 3. The Hall–Kier alpha value is -1.26. The van der Waals surface area contributed by atoms with E-state index in [1.165, 1.54) is 12.8 Å². The zero-order chi connectivity index (χ0) is 15.2. The van der Waals surface area contributed by atoms with Gasteiger partial charge in [0.2, 0.25) is 5.91 Å². The molecule has 0 atom stereocenters. The Morgan fingerprint density at radius 1 is 1.00 bits per heavy atom. The van der Waals surface area contributed by atoms with Crippen molar-refractivity contribution in [3.63, 3.8) is 0 Å². The van der Waals surface area contributed by atoms with Gasteiger partial charge in [-0.05, 0) is 25.2 Å². The summed E-state index contributed by atoms with van der Waals surface area (Å²) in [5, 5.41) is 3.14. The maximum atomic E-state index is 12.3. The van der Waals surface area contributed by atoms with Gasteiger partial charge < -0.3 is 15.1 Å². The van der Waals surface area contributed by atoms with E-state index in [2.05, 4.69) is 19.2 Å². The van der Waals surface area contributed by atoms with Gasteiger partial charge in [-0.25, -0.2) is 4.79 Å². The lowest BCUT2D eigenvalue weighted by atomic mass is 10.1. The summed E-state index contributed by atoms with van der Waals surface area (Å²) >= 11 is 0. The van der Waals surface area contributed by atoms with Gasteiger partial charge in [0.25, 0.3) is 0 Å². The molecule has 120 valence electrons. The third kappa shape index (κ3) is 4.90. The van der Waals surface area contributed by atoms with Crippen molar-refractivity contribution < 1.29 is 9.59 Å². The van der Waals surface area contributed by atoms with Crippen LogP contribution < -0.4 is 5.32 Å². The first-order valence-corrected chi connectivity index (χ1v) is 8.39. The lowest BCUT2D eigenvalue weighted by molar-refractivity contribution is -0.131. The Bertz CT molecular complexity index is 365. The predicted octanol–water partition coefficient (Wildman–Crippen LogP) is 2.22.